The van der Waals surface area contributed by atoms with E-state index in [9.17, 15) is 0 Å². The Morgan fingerprint density at radius 2 is 2.45 bits per heavy atom. The summed E-state index contributed by atoms with van der Waals surface area (Å²) in [6.45, 7) is 2.27. The molecule has 11 heavy (non-hydrogen) atoms. The van der Waals surface area contributed by atoms with Gasteiger partial charge in [0.25, 0.3) is 0 Å². The van der Waals surface area contributed by atoms with Crippen LogP contribution in [0.4, 0.5) is 0 Å². The number of rotatable bonds is 2. The molecule has 1 atom stereocenters. The maximum absolute atomic E-state index is 9.15. The molecule has 0 aromatic heterocycles. The highest BCUT2D eigenvalue weighted by atomic mass is 35.5. The van der Waals surface area contributed by atoms with Crippen molar-refractivity contribution in [3.8, 4) is 0 Å². The molecule has 1 heterocycles. The predicted octanol–water partition coefficient (Wildman–Crippen LogP) is 1.37. The van der Waals surface area contributed by atoms with Crippen molar-refractivity contribution < 1.29 is 5.11 Å². The van der Waals surface area contributed by atoms with Crippen molar-refractivity contribution in [3.05, 3.63) is 10.6 Å². The number of hydrogen-bond acceptors (Lipinski definition) is 2. The molecule has 0 unspecified atom stereocenters. The van der Waals surface area contributed by atoms with Crippen LogP contribution in [0, 0.1) is 0 Å². The minimum absolute atomic E-state index is 0.185. The first-order chi connectivity index (χ1) is 5.22. The summed E-state index contributed by atoms with van der Waals surface area (Å²) in [6.07, 6.45) is 0.654. The third-order valence-electron chi connectivity index (χ3n) is 1.74. The van der Waals surface area contributed by atoms with E-state index in [-0.39, 0.29) is 6.10 Å². The SMILES string of the molecule is O[C@@H]1CCN(CC(Cl)=CCl)C1. The molecule has 0 aromatic rings. The van der Waals surface area contributed by atoms with Crippen LogP contribution in [0.25, 0.3) is 0 Å². The van der Waals surface area contributed by atoms with Crippen LogP contribution < -0.4 is 0 Å². The molecule has 1 rings (SSSR count). The quantitative estimate of drug-likeness (QED) is 0.720. The molecule has 0 spiro atoms. The zero-order chi connectivity index (χ0) is 8.27. The van der Waals surface area contributed by atoms with E-state index >= 15 is 0 Å². The summed E-state index contributed by atoms with van der Waals surface area (Å²) < 4.78 is 0. The first kappa shape index (κ1) is 9.33. The minimum atomic E-state index is -0.185. The minimum Gasteiger partial charge on any atom is -0.392 e. The lowest BCUT2D eigenvalue weighted by atomic mass is 10.3. The Labute approximate surface area is 76.4 Å². The fourth-order valence-electron chi connectivity index (χ4n) is 1.20. The average molecular weight is 196 g/mol. The highest BCUT2D eigenvalue weighted by Gasteiger charge is 2.19. The Bertz CT molecular complexity index is 161. The number of aliphatic hydroxyl groups excluding tert-OH is 1. The Kier molecular flexibility index (Phi) is 3.66. The number of hydrogen-bond donors (Lipinski definition) is 1. The predicted molar refractivity (Wildman–Crippen MR) is 46.9 cm³/mol. The molecule has 1 aliphatic rings. The number of likely N-dealkylation sites (tertiary alicyclic amines) is 1. The van der Waals surface area contributed by atoms with Crippen molar-refractivity contribution in [1.29, 1.82) is 0 Å². The van der Waals surface area contributed by atoms with E-state index < -0.39 is 0 Å². The second kappa shape index (κ2) is 4.31. The van der Waals surface area contributed by atoms with E-state index in [1.54, 1.807) is 0 Å². The van der Waals surface area contributed by atoms with Gasteiger partial charge in [-0.3, -0.25) is 4.90 Å². The topological polar surface area (TPSA) is 23.5 Å². The molecule has 4 heteroatoms. The number of halogens is 2. The summed E-state index contributed by atoms with van der Waals surface area (Å²) >= 11 is 11.1. The molecule has 64 valence electrons. The van der Waals surface area contributed by atoms with E-state index in [0.717, 1.165) is 13.0 Å². The van der Waals surface area contributed by atoms with Gasteiger partial charge in [0.15, 0.2) is 0 Å². The van der Waals surface area contributed by atoms with Crippen LogP contribution in [0.1, 0.15) is 6.42 Å². The first-order valence-corrected chi connectivity index (χ1v) is 4.39. The molecule has 0 saturated carbocycles. The van der Waals surface area contributed by atoms with Crippen LogP contribution in [0.3, 0.4) is 0 Å². The lowest BCUT2D eigenvalue weighted by molar-refractivity contribution is 0.179. The van der Waals surface area contributed by atoms with Crippen LogP contribution in [0.2, 0.25) is 0 Å². The lowest BCUT2D eigenvalue weighted by Gasteiger charge is -2.12. The fourth-order valence-corrected chi connectivity index (χ4v) is 1.44. The van der Waals surface area contributed by atoms with E-state index in [2.05, 4.69) is 4.90 Å². The number of aliphatic hydroxyl groups is 1. The number of nitrogens with zero attached hydrogens (tertiary/aromatic N) is 1. The third-order valence-corrected chi connectivity index (χ3v) is 2.34. The van der Waals surface area contributed by atoms with E-state index in [1.165, 1.54) is 5.54 Å². The summed E-state index contributed by atoms with van der Waals surface area (Å²) in [7, 11) is 0. The Morgan fingerprint density at radius 3 is 2.91 bits per heavy atom. The van der Waals surface area contributed by atoms with Crippen LogP contribution in [0.5, 0.6) is 0 Å². The Balaban J connectivity index is 2.28. The van der Waals surface area contributed by atoms with Crippen molar-refractivity contribution >= 4 is 23.2 Å². The van der Waals surface area contributed by atoms with Gasteiger partial charge >= 0.3 is 0 Å². The van der Waals surface area contributed by atoms with Gasteiger partial charge in [-0.05, 0) is 6.42 Å². The molecule has 1 fully saturated rings. The number of β-amino-alcohol motifs (C(OH)–C–C–N with tert-alkyl or cyclic N) is 1. The summed E-state index contributed by atoms with van der Waals surface area (Å²) in [5.74, 6) is 0. The molecule has 0 radical (unpaired) electrons. The normalized spacial score (nSPS) is 27.9. The summed E-state index contributed by atoms with van der Waals surface area (Å²) in [5, 5.41) is 9.77. The monoisotopic (exact) mass is 195 g/mol. The van der Waals surface area contributed by atoms with Crippen LogP contribution >= 0.6 is 23.2 Å². The molecule has 2 nitrogen and oxygen atoms in total. The van der Waals surface area contributed by atoms with Gasteiger partial charge in [0.1, 0.15) is 0 Å². The van der Waals surface area contributed by atoms with Gasteiger partial charge in [-0.1, -0.05) is 23.2 Å². The molecule has 0 aromatic carbocycles. The largest absolute Gasteiger partial charge is 0.392 e. The molecule has 1 aliphatic heterocycles. The maximum Gasteiger partial charge on any atom is 0.0679 e. The van der Waals surface area contributed by atoms with E-state index in [4.69, 9.17) is 28.3 Å². The van der Waals surface area contributed by atoms with Crippen molar-refractivity contribution in [2.45, 2.75) is 12.5 Å². The van der Waals surface area contributed by atoms with Gasteiger partial charge in [-0.15, -0.1) is 0 Å². The van der Waals surface area contributed by atoms with Gasteiger partial charge < -0.3 is 5.11 Å². The van der Waals surface area contributed by atoms with Gasteiger partial charge in [0.05, 0.1) is 6.10 Å². The molecular weight excluding hydrogens is 185 g/mol. The maximum atomic E-state index is 9.15. The zero-order valence-electron chi connectivity index (χ0n) is 6.13. The van der Waals surface area contributed by atoms with Crippen LogP contribution in [0.15, 0.2) is 10.6 Å². The second-order valence-corrected chi connectivity index (χ2v) is 3.44. The highest BCUT2D eigenvalue weighted by molar-refractivity contribution is 6.36. The Hall–Kier alpha value is 0.240. The molecule has 0 amide bonds. The first-order valence-electron chi connectivity index (χ1n) is 3.57. The molecule has 0 aliphatic carbocycles. The highest BCUT2D eigenvalue weighted by Crippen LogP contribution is 2.13. The molecular formula is C7H11Cl2NO. The van der Waals surface area contributed by atoms with Crippen molar-refractivity contribution in [3.63, 3.8) is 0 Å². The van der Waals surface area contributed by atoms with Gasteiger partial charge in [-0.25, -0.2) is 0 Å². The van der Waals surface area contributed by atoms with E-state index in [0.29, 0.717) is 18.1 Å². The van der Waals surface area contributed by atoms with Crippen molar-refractivity contribution in [1.82, 2.24) is 4.90 Å². The second-order valence-electron chi connectivity index (χ2n) is 2.73. The van der Waals surface area contributed by atoms with Crippen LogP contribution in [-0.4, -0.2) is 35.7 Å². The summed E-state index contributed by atoms with van der Waals surface area (Å²) in [6, 6.07) is 0. The molecule has 1 saturated heterocycles. The van der Waals surface area contributed by atoms with Crippen molar-refractivity contribution in [2.75, 3.05) is 19.6 Å². The van der Waals surface area contributed by atoms with Gasteiger partial charge in [-0.2, -0.15) is 0 Å². The van der Waals surface area contributed by atoms with Gasteiger partial charge in [0.2, 0.25) is 0 Å². The Morgan fingerprint density at radius 1 is 1.73 bits per heavy atom. The zero-order valence-corrected chi connectivity index (χ0v) is 7.65. The standard InChI is InChI=1S/C7H11Cl2NO/c8-3-6(9)4-10-2-1-7(11)5-10/h3,7,11H,1-2,4-5H2/t7-/m1/s1. The summed E-state index contributed by atoms with van der Waals surface area (Å²) in [4.78, 5) is 2.08. The van der Waals surface area contributed by atoms with E-state index in [1.807, 2.05) is 0 Å². The smallest absolute Gasteiger partial charge is 0.0679 e. The van der Waals surface area contributed by atoms with Gasteiger partial charge in [0, 0.05) is 30.2 Å². The third kappa shape index (κ3) is 2.99. The summed E-state index contributed by atoms with van der Waals surface area (Å²) in [5.41, 5.74) is 1.37. The fraction of sp³-hybridized carbons (Fsp3) is 0.714. The van der Waals surface area contributed by atoms with Crippen LogP contribution in [-0.2, 0) is 0 Å². The average Bonchev–Trinajstić information content (AvgIpc) is 2.35. The lowest BCUT2D eigenvalue weighted by Crippen LogP contribution is -2.23. The molecule has 1 N–H and O–H groups in total. The molecule has 0 bridgehead atoms. The van der Waals surface area contributed by atoms with Crippen molar-refractivity contribution in [2.24, 2.45) is 0 Å².